The first-order chi connectivity index (χ1) is 10.8. The highest BCUT2D eigenvalue weighted by atomic mass is 16.2. The van der Waals surface area contributed by atoms with Gasteiger partial charge < -0.3 is 9.88 Å². The Morgan fingerprint density at radius 3 is 3.00 bits per heavy atom. The van der Waals surface area contributed by atoms with E-state index in [0.717, 1.165) is 25.0 Å². The van der Waals surface area contributed by atoms with Crippen LogP contribution in [0.2, 0.25) is 0 Å². The van der Waals surface area contributed by atoms with Gasteiger partial charge in [-0.25, -0.2) is 0 Å². The lowest BCUT2D eigenvalue weighted by Gasteiger charge is -2.16. The Kier molecular flexibility index (Phi) is 3.15. The lowest BCUT2D eigenvalue weighted by atomic mass is 9.98. The summed E-state index contributed by atoms with van der Waals surface area (Å²) in [6, 6.07) is 12.0. The SMILES string of the molecule is O=C(c1cccnc1)N1CCC(c2c[nH]c3ccccc23)C1. The number of likely N-dealkylation sites (tertiary alicyclic amines) is 1. The lowest BCUT2D eigenvalue weighted by molar-refractivity contribution is 0.0790. The van der Waals surface area contributed by atoms with Crippen molar-refractivity contribution in [1.29, 1.82) is 0 Å². The van der Waals surface area contributed by atoms with Crippen molar-refractivity contribution in [2.24, 2.45) is 0 Å². The fourth-order valence-corrected chi connectivity index (χ4v) is 3.30. The van der Waals surface area contributed by atoms with E-state index in [2.05, 4.69) is 34.4 Å². The lowest BCUT2D eigenvalue weighted by Crippen LogP contribution is -2.28. The van der Waals surface area contributed by atoms with E-state index in [0.29, 0.717) is 11.5 Å². The Balaban J connectivity index is 1.56. The summed E-state index contributed by atoms with van der Waals surface area (Å²) in [4.78, 5) is 21.8. The van der Waals surface area contributed by atoms with E-state index >= 15 is 0 Å². The number of carbonyl (C=O) groups is 1. The van der Waals surface area contributed by atoms with Gasteiger partial charge in [0, 0.05) is 48.5 Å². The Bertz CT molecular complexity index is 809. The second-order valence-corrected chi connectivity index (χ2v) is 5.77. The molecule has 1 saturated heterocycles. The van der Waals surface area contributed by atoms with Gasteiger partial charge in [-0.2, -0.15) is 0 Å². The van der Waals surface area contributed by atoms with Crippen molar-refractivity contribution < 1.29 is 4.79 Å². The third-order valence-electron chi connectivity index (χ3n) is 4.45. The molecule has 0 aliphatic carbocycles. The number of aromatic amines is 1. The van der Waals surface area contributed by atoms with Gasteiger partial charge in [-0.15, -0.1) is 0 Å². The summed E-state index contributed by atoms with van der Waals surface area (Å²) >= 11 is 0. The molecule has 3 aromatic rings. The zero-order valence-electron chi connectivity index (χ0n) is 12.2. The van der Waals surface area contributed by atoms with Gasteiger partial charge in [-0.1, -0.05) is 18.2 Å². The number of fused-ring (bicyclic) bond motifs is 1. The van der Waals surface area contributed by atoms with Crippen molar-refractivity contribution in [3.05, 3.63) is 66.1 Å². The topological polar surface area (TPSA) is 49.0 Å². The molecule has 110 valence electrons. The van der Waals surface area contributed by atoms with E-state index in [1.54, 1.807) is 18.5 Å². The molecule has 1 N–H and O–H groups in total. The summed E-state index contributed by atoms with van der Waals surface area (Å²) in [5, 5.41) is 1.27. The smallest absolute Gasteiger partial charge is 0.255 e. The van der Waals surface area contributed by atoms with E-state index in [1.807, 2.05) is 17.0 Å². The second kappa shape index (κ2) is 5.30. The maximum absolute atomic E-state index is 12.5. The van der Waals surface area contributed by atoms with Crippen molar-refractivity contribution in [1.82, 2.24) is 14.9 Å². The van der Waals surface area contributed by atoms with Crippen LogP contribution in [-0.4, -0.2) is 33.9 Å². The summed E-state index contributed by atoms with van der Waals surface area (Å²) in [6.07, 6.45) is 6.43. The van der Waals surface area contributed by atoms with E-state index in [1.165, 1.54) is 10.9 Å². The quantitative estimate of drug-likeness (QED) is 0.788. The van der Waals surface area contributed by atoms with Crippen LogP contribution in [0.25, 0.3) is 10.9 Å². The first kappa shape index (κ1) is 13.1. The molecule has 1 fully saturated rings. The molecule has 1 atom stereocenters. The molecular weight excluding hydrogens is 274 g/mol. The second-order valence-electron chi connectivity index (χ2n) is 5.77. The number of nitrogens with one attached hydrogen (secondary N) is 1. The number of nitrogens with zero attached hydrogens (tertiary/aromatic N) is 2. The van der Waals surface area contributed by atoms with E-state index < -0.39 is 0 Å². The number of para-hydroxylation sites is 1. The average Bonchev–Trinajstić information content (AvgIpc) is 3.21. The minimum atomic E-state index is 0.0791. The molecule has 0 spiro atoms. The van der Waals surface area contributed by atoms with Crippen LogP contribution in [0.5, 0.6) is 0 Å². The van der Waals surface area contributed by atoms with Crippen molar-refractivity contribution in [2.45, 2.75) is 12.3 Å². The predicted octanol–water partition coefficient (Wildman–Crippen LogP) is 3.19. The van der Waals surface area contributed by atoms with Gasteiger partial charge in [0.05, 0.1) is 5.56 Å². The molecule has 0 bridgehead atoms. The summed E-state index contributed by atoms with van der Waals surface area (Å²) in [7, 11) is 0. The van der Waals surface area contributed by atoms with Gasteiger partial charge >= 0.3 is 0 Å². The highest BCUT2D eigenvalue weighted by Crippen LogP contribution is 2.32. The Morgan fingerprint density at radius 2 is 2.14 bits per heavy atom. The molecule has 2 aromatic heterocycles. The maximum atomic E-state index is 12.5. The van der Waals surface area contributed by atoms with Crippen molar-refractivity contribution >= 4 is 16.8 Å². The van der Waals surface area contributed by atoms with Crippen LogP contribution in [-0.2, 0) is 0 Å². The molecule has 1 aromatic carbocycles. The summed E-state index contributed by atoms with van der Waals surface area (Å²) in [5.74, 6) is 0.479. The molecule has 22 heavy (non-hydrogen) atoms. The number of benzene rings is 1. The zero-order valence-corrected chi connectivity index (χ0v) is 12.2. The number of pyridine rings is 1. The molecule has 3 heterocycles. The molecule has 0 radical (unpaired) electrons. The molecule has 4 heteroatoms. The Hall–Kier alpha value is -2.62. The van der Waals surface area contributed by atoms with Crippen LogP contribution in [0.4, 0.5) is 0 Å². The minimum absolute atomic E-state index is 0.0791. The van der Waals surface area contributed by atoms with Gasteiger partial charge in [0.25, 0.3) is 5.91 Å². The monoisotopic (exact) mass is 291 g/mol. The highest BCUT2D eigenvalue weighted by Gasteiger charge is 2.29. The molecular formula is C18H17N3O. The molecule has 1 aliphatic rings. The van der Waals surface area contributed by atoms with E-state index in [-0.39, 0.29) is 5.91 Å². The fourth-order valence-electron chi connectivity index (χ4n) is 3.30. The molecule has 4 nitrogen and oxygen atoms in total. The van der Waals surface area contributed by atoms with Crippen molar-refractivity contribution in [3.63, 3.8) is 0 Å². The number of hydrogen-bond donors (Lipinski definition) is 1. The van der Waals surface area contributed by atoms with E-state index in [9.17, 15) is 4.79 Å². The van der Waals surface area contributed by atoms with Gasteiger partial charge in [0.1, 0.15) is 0 Å². The van der Waals surface area contributed by atoms with Crippen LogP contribution in [0.1, 0.15) is 28.3 Å². The third kappa shape index (κ3) is 2.17. The standard InChI is InChI=1S/C18H17N3O/c22-18(13-4-3-8-19-10-13)21-9-7-14(12-21)16-11-20-17-6-2-1-5-15(16)17/h1-6,8,10-11,14,20H,7,9,12H2. The van der Waals surface area contributed by atoms with Crippen LogP contribution >= 0.6 is 0 Å². The predicted molar refractivity (Wildman–Crippen MR) is 85.8 cm³/mol. The van der Waals surface area contributed by atoms with Gasteiger partial charge in [-0.3, -0.25) is 9.78 Å². The van der Waals surface area contributed by atoms with Crippen LogP contribution in [0.15, 0.2) is 55.0 Å². The number of amides is 1. The number of hydrogen-bond acceptors (Lipinski definition) is 2. The molecule has 1 unspecified atom stereocenters. The van der Waals surface area contributed by atoms with Gasteiger partial charge in [0.15, 0.2) is 0 Å². The summed E-state index contributed by atoms with van der Waals surface area (Å²) in [6.45, 7) is 1.58. The van der Waals surface area contributed by atoms with Crippen molar-refractivity contribution in [3.8, 4) is 0 Å². The molecule has 1 amide bonds. The molecule has 4 rings (SSSR count). The largest absolute Gasteiger partial charge is 0.361 e. The van der Waals surface area contributed by atoms with Gasteiger partial charge in [0.2, 0.25) is 0 Å². The van der Waals surface area contributed by atoms with Crippen molar-refractivity contribution in [2.75, 3.05) is 13.1 Å². The van der Waals surface area contributed by atoms with Crippen LogP contribution in [0.3, 0.4) is 0 Å². The molecule has 1 aliphatic heterocycles. The number of H-pyrrole nitrogens is 1. The summed E-state index contributed by atoms with van der Waals surface area (Å²) in [5.41, 5.74) is 3.15. The van der Waals surface area contributed by atoms with Gasteiger partial charge in [-0.05, 0) is 30.2 Å². The van der Waals surface area contributed by atoms with E-state index in [4.69, 9.17) is 0 Å². The Labute approximate surface area is 128 Å². The number of rotatable bonds is 2. The zero-order chi connectivity index (χ0) is 14.9. The third-order valence-corrected chi connectivity index (χ3v) is 4.45. The normalized spacial score (nSPS) is 18.0. The minimum Gasteiger partial charge on any atom is -0.361 e. The van der Waals surface area contributed by atoms with Crippen LogP contribution < -0.4 is 0 Å². The summed E-state index contributed by atoms with van der Waals surface area (Å²) < 4.78 is 0. The first-order valence-corrected chi connectivity index (χ1v) is 7.58. The fraction of sp³-hybridized carbons (Fsp3) is 0.222. The number of carbonyl (C=O) groups excluding carboxylic acids is 1. The Morgan fingerprint density at radius 1 is 1.23 bits per heavy atom. The van der Waals surface area contributed by atoms with Crippen LogP contribution in [0, 0.1) is 0 Å². The number of aromatic nitrogens is 2. The molecule has 0 saturated carbocycles. The average molecular weight is 291 g/mol. The first-order valence-electron chi connectivity index (χ1n) is 7.58. The highest BCUT2D eigenvalue weighted by molar-refractivity contribution is 5.94. The maximum Gasteiger partial charge on any atom is 0.255 e.